The molecule has 0 bridgehead atoms. The number of allylic oxidation sites excluding steroid dienone is 41. The third-order valence-corrected chi connectivity index (χ3v) is 20.7. The van der Waals surface area contributed by atoms with Gasteiger partial charge in [-0.05, 0) is 223 Å². The molecule has 0 amide bonds. The Hall–Kier alpha value is -9.96. The molecule has 0 fully saturated rings. The average molecular weight is 1250 g/mol. The molecule has 10 aliphatic rings. The molecule has 480 valence electrons. The number of fused-ring (bicyclic) bond motifs is 1. The molecule has 0 N–H and O–H groups in total. The zero-order chi connectivity index (χ0) is 65.4. The van der Waals surface area contributed by atoms with Crippen LogP contribution in [0.15, 0.2) is 392 Å². The topological polar surface area (TPSA) is 9.72 Å². The van der Waals surface area contributed by atoms with Gasteiger partial charge in [0.1, 0.15) is 0 Å². The fraction of sp³-hybridized carbons (Fsp3) is 0.226. The summed E-state index contributed by atoms with van der Waals surface area (Å²) in [5.41, 5.74) is 24.0. The summed E-state index contributed by atoms with van der Waals surface area (Å²) in [6.07, 6.45) is 101. The van der Waals surface area contributed by atoms with Crippen molar-refractivity contribution in [3.05, 3.63) is 403 Å². The number of hydrogen-bond acceptors (Lipinski definition) is 3. The fourth-order valence-electron chi connectivity index (χ4n) is 15.6. The molecule has 3 nitrogen and oxygen atoms in total. The third-order valence-electron chi connectivity index (χ3n) is 20.7. The van der Waals surface area contributed by atoms with Crippen LogP contribution in [0.4, 0.5) is 11.4 Å². The van der Waals surface area contributed by atoms with Crippen LogP contribution in [0.1, 0.15) is 107 Å². The van der Waals surface area contributed by atoms with Gasteiger partial charge in [0, 0.05) is 46.5 Å². The second kappa shape index (κ2) is 31.5. The van der Waals surface area contributed by atoms with E-state index in [4.69, 9.17) is 0 Å². The highest BCUT2D eigenvalue weighted by molar-refractivity contribution is 5.72. The van der Waals surface area contributed by atoms with Crippen molar-refractivity contribution in [1.82, 2.24) is 4.90 Å². The smallest absolute Gasteiger partial charge is 0.0619 e. The monoisotopic (exact) mass is 1250 g/mol. The standard InChI is InChI=1S/C93H93N3/c1-5-9-10-21-68-94(91-38-23-32-79-29-17-19-36-89(79)91)83-58-48-75(49-59-83)78-54-64-87(65-55-78)95(85-60-50-74(51-61-85)71-27-13-11-14-28-71)86-62-52-76(53-63-86)72-40-44-81(45-41-72)93(70(8-4)31-22-26-69(7-3)25-6-2)82-46-42-73(43-47-82)77-56-66-88(67-57-77)96(84-34-15-12-16-35-84)92-39-24-33-80-30-18-20-37-90(80)92/h5-13,15-16,18-24,26-27,30-32,34,36-37,39-44,46-48,50-54,56-58,60-62,64,66-69,80-81,84,86,91,93H,1-4,14,17,25,28-29,33,35,38,45,49,55,59,63,65H2/b10-9-,26-22+,68-21+,70-31+. The Bertz CT molecular complexity index is 4200. The van der Waals surface area contributed by atoms with E-state index in [2.05, 4.69) is 321 Å². The van der Waals surface area contributed by atoms with Crippen LogP contribution in [0.2, 0.25) is 0 Å². The van der Waals surface area contributed by atoms with E-state index >= 15 is 0 Å². The predicted molar refractivity (Wildman–Crippen MR) is 413 cm³/mol. The van der Waals surface area contributed by atoms with Crippen LogP contribution in [0.25, 0.3) is 16.7 Å². The average Bonchev–Trinajstić information content (AvgIpc) is 0.815. The van der Waals surface area contributed by atoms with Crippen LogP contribution in [-0.4, -0.2) is 23.0 Å². The van der Waals surface area contributed by atoms with Crippen molar-refractivity contribution in [1.29, 1.82) is 0 Å². The molecule has 3 aromatic carbocycles. The van der Waals surface area contributed by atoms with Crippen LogP contribution in [0, 0.1) is 17.8 Å². The molecular formula is C93H93N3. The summed E-state index contributed by atoms with van der Waals surface area (Å²) in [4.78, 5) is 7.71. The maximum atomic E-state index is 4.44. The predicted octanol–water partition coefficient (Wildman–Crippen LogP) is 23.9. The largest absolute Gasteiger partial charge is 0.344 e. The first-order valence-corrected chi connectivity index (χ1v) is 35.4. The fourth-order valence-corrected chi connectivity index (χ4v) is 15.6. The Morgan fingerprint density at radius 1 is 0.500 bits per heavy atom. The van der Waals surface area contributed by atoms with Crippen LogP contribution >= 0.6 is 0 Å². The van der Waals surface area contributed by atoms with Crippen LogP contribution in [0.3, 0.4) is 0 Å². The second-order valence-corrected chi connectivity index (χ2v) is 26.6. The number of anilines is 2. The summed E-state index contributed by atoms with van der Waals surface area (Å²) in [6.45, 7) is 16.5. The van der Waals surface area contributed by atoms with E-state index in [1.807, 2.05) is 24.3 Å². The van der Waals surface area contributed by atoms with Gasteiger partial charge in [-0.2, -0.15) is 0 Å². The van der Waals surface area contributed by atoms with Crippen molar-refractivity contribution in [3.63, 3.8) is 0 Å². The lowest BCUT2D eigenvalue weighted by Crippen LogP contribution is -2.35. The summed E-state index contributed by atoms with van der Waals surface area (Å²) in [5, 5.41) is 0. The molecule has 0 heterocycles. The van der Waals surface area contributed by atoms with E-state index in [0.717, 1.165) is 89.9 Å². The molecule has 0 radical (unpaired) electrons. The molecule has 0 aliphatic heterocycles. The highest BCUT2D eigenvalue weighted by Crippen LogP contribution is 2.44. The molecule has 3 aromatic rings. The van der Waals surface area contributed by atoms with Crippen molar-refractivity contribution in [2.75, 3.05) is 9.80 Å². The van der Waals surface area contributed by atoms with Crippen molar-refractivity contribution in [3.8, 4) is 11.1 Å². The van der Waals surface area contributed by atoms with Crippen molar-refractivity contribution in [2.45, 2.75) is 114 Å². The zero-order valence-electron chi connectivity index (χ0n) is 56.0. The van der Waals surface area contributed by atoms with Gasteiger partial charge in [0.25, 0.3) is 0 Å². The molecule has 0 saturated carbocycles. The second-order valence-electron chi connectivity index (χ2n) is 26.6. The summed E-state index contributed by atoms with van der Waals surface area (Å²) in [5.74, 6) is 0.957. The quantitative estimate of drug-likeness (QED) is 0.0654. The minimum atomic E-state index is 0.0941. The number of nitrogens with zero attached hydrogens (tertiary/aromatic N) is 3. The minimum absolute atomic E-state index is 0.0941. The van der Waals surface area contributed by atoms with Gasteiger partial charge >= 0.3 is 0 Å². The number of hydrogen-bond donors (Lipinski definition) is 0. The third kappa shape index (κ3) is 14.9. The highest BCUT2D eigenvalue weighted by atomic mass is 15.2. The first kappa shape index (κ1) is 64.7. The molecular weight excluding hydrogens is 1160 g/mol. The Morgan fingerprint density at radius 2 is 1.22 bits per heavy atom. The maximum Gasteiger partial charge on any atom is 0.0619 e. The SMILES string of the molecule is C=C/C=C\C=C\N(C1=CC=C(C2=CC=C(N(c3ccc(C4=CC=CCC4)cc3)C3C=CC(C4=CCC(C(/C(C=C)=C/C=C/C(C=C)CC=C)c5ccc(-c6ccc(N(C7=C8C=CC=CC8CC=C7)C7C=CC=CC7)cc6)cc5)C=C4)=CC3)CC2)CC1)C1CC=CC2=C1C=CCC2. The molecule has 13 rings (SSSR count). The molecule has 10 aliphatic carbocycles. The Morgan fingerprint density at radius 3 is 1.90 bits per heavy atom. The zero-order valence-corrected chi connectivity index (χ0v) is 56.0. The van der Waals surface area contributed by atoms with Crippen LogP contribution in [-0.2, 0) is 0 Å². The van der Waals surface area contributed by atoms with Crippen molar-refractivity contribution < 1.29 is 0 Å². The van der Waals surface area contributed by atoms with Gasteiger partial charge in [0.15, 0.2) is 0 Å². The molecule has 0 spiro atoms. The minimum Gasteiger partial charge on any atom is -0.344 e. The summed E-state index contributed by atoms with van der Waals surface area (Å²) in [7, 11) is 0. The molecule has 3 heteroatoms. The van der Waals surface area contributed by atoms with E-state index in [9.17, 15) is 0 Å². The van der Waals surface area contributed by atoms with Gasteiger partial charge in [-0.3, -0.25) is 0 Å². The van der Waals surface area contributed by atoms with Gasteiger partial charge in [-0.1, -0.05) is 262 Å². The lowest BCUT2D eigenvalue weighted by atomic mass is 9.75. The normalized spacial score (nSPS) is 23.4. The van der Waals surface area contributed by atoms with E-state index in [1.54, 1.807) is 0 Å². The highest BCUT2D eigenvalue weighted by Gasteiger charge is 2.32. The molecule has 96 heavy (non-hydrogen) atoms. The summed E-state index contributed by atoms with van der Waals surface area (Å²) >= 11 is 0. The molecule has 7 atom stereocenters. The van der Waals surface area contributed by atoms with Crippen LogP contribution < -0.4 is 9.80 Å². The number of rotatable bonds is 24. The molecule has 0 aromatic heterocycles. The Kier molecular flexibility index (Phi) is 21.3. The first-order valence-electron chi connectivity index (χ1n) is 35.4. The summed E-state index contributed by atoms with van der Waals surface area (Å²) in [6, 6.07) is 28.7. The van der Waals surface area contributed by atoms with E-state index in [-0.39, 0.29) is 29.8 Å². The van der Waals surface area contributed by atoms with Crippen molar-refractivity contribution in [2.24, 2.45) is 17.8 Å². The lowest BCUT2D eigenvalue weighted by molar-refractivity contribution is 0.364. The van der Waals surface area contributed by atoms with Gasteiger partial charge in [0.2, 0.25) is 0 Å². The van der Waals surface area contributed by atoms with Crippen LogP contribution in [0.5, 0.6) is 0 Å². The van der Waals surface area contributed by atoms with E-state index in [1.165, 1.54) is 101 Å². The maximum absolute atomic E-state index is 4.44. The van der Waals surface area contributed by atoms with Gasteiger partial charge in [-0.25, -0.2) is 0 Å². The molecule has 7 unspecified atom stereocenters. The Balaban J connectivity index is 0.736. The molecule has 0 saturated heterocycles. The van der Waals surface area contributed by atoms with Gasteiger partial charge in [-0.15, -0.1) is 13.2 Å². The lowest BCUT2D eigenvalue weighted by Gasteiger charge is -2.38. The first-order chi connectivity index (χ1) is 47.4. The summed E-state index contributed by atoms with van der Waals surface area (Å²) < 4.78 is 0. The van der Waals surface area contributed by atoms with E-state index < -0.39 is 0 Å². The van der Waals surface area contributed by atoms with Crippen molar-refractivity contribution >= 4 is 16.9 Å². The van der Waals surface area contributed by atoms with Gasteiger partial charge < -0.3 is 14.7 Å². The Labute approximate surface area is 574 Å². The van der Waals surface area contributed by atoms with Gasteiger partial charge in [0.05, 0.1) is 18.1 Å². The van der Waals surface area contributed by atoms with E-state index in [0.29, 0.717) is 12.0 Å². The number of benzene rings is 3.